The Morgan fingerprint density at radius 3 is 2.24 bits per heavy atom. The summed E-state index contributed by atoms with van der Waals surface area (Å²) in [5.41, 5.74) is 4.78. The monoisotopic (exact) mass is 278 g/mol. The van der Waals surface area contributed by atoms with Crippen molar-refractivity contribution in [3.05, 3.63) is 76.9 Å². The van der Waals surface area contributed by atoms with Crippen molar-refractivity contribution in [1.29, 1.82) is 0 Å². The van der Waals surface area contributed by atoms with Crippen LogP contribution >= 0.6 is 0 Å². The van der Waals surface area contributed by atoms with Gasteiger partial charge in [0.25, 0.3) is 0 Å². The molecule has 0 spiro atoms. The van der Waals surface area contributed by atoms with E-state index in [1.54, 1.807) is 0 Å². The average Bonchev–Trinajstić information content (AvgIpc) is 2.47. The Hall–Kier alpha value is -1.86. The van der Waals surface area contributed by atoms with Gasteiger partial charge in [-0.15, -0.1) is 0 Å². The van der Waals surface area contributed by atoms with Gasteiger partial charge in [-0.1, -0.05) is 81.5 Å². The van der Waals surface area contributed by atoms with Gasteiger partial charge in [0, 0.05) is 5.92 Å². The van der Waals surface area contributed by atoms with Crippen molar-refractivity contribution in [3.63, 3.8) is 0 Å². The van der Waals surface area contributed by atoms with Gasteiger partial charge >= 0.3 is 0 Å². The van der Waals surface area contributed by atoms with Crippen LogP contribution in [0.4, 0.5) is 0 Å². The van der Waals surface area contributed by atoms with E-state index in [-0.39, 0.29) is 11.3 Å². The minimum absolute atomic E-state index is 0.0360. The number of aliphatic hydroxyl groups is 1. The lowest BCUT2D eigenvalue weighted by atomic mass is 9.81. The molecule has 1 N–H and O–H groups in total. The molecule has 1 aliphatic carbocycles. The summed E-state index contributed by atoms with van der Waals surface area (Å²) in [5, 5.41) is 10.7. The average molecular weight is 278 g/mol. The molecular weight excluding hydrogens is 256 g/mol. The highest BCUT2D eigenvalue weighted by atomic mass is 16.3. The first-order valence-electron chi connectivity index (χ1n) is 7.52. The Morgan fingerprint density at radius 1 is 0.905 bits per heavy atom. The number of aliphatic hydroxyl groups excluding tert-OH is 1. The van der Waals surface area contributed by atoms with Crippen LogP contribution in [-0.4, -0.2) is 5.11 Å². The molecule has 0 fully saturated rings. The summed E-state index contributed by atoms with van der Waals surface area (Å²) in [6.07, 6.45) is 3.76. The molecule has 0 saturated heterocycles. The molecule has 1 nitrogen and oxygen atoms in total. The van der Waals surface area contributed by atoms with E-state index in [0.29, 0.717) is 0 Å². The van der Waals surface area contributed by atoms with Gasteiger partial charge in [-0.25, -0.2) is 0 Å². The molecule has 0 aromatic heterocycles. The van der Waals surface area contributed by atoms with Crippen molar-refractivity contribution in [1.82, 2.24) is 0 Å². The van der Waals surface area contributed by atoms with Crippen molar-refractivity contribution in [2.24, 2.45) is 0 Å². The third-order valence-corrected chi connectivity index (χ3v) is 4.30. The molecule has 0 heterocycles. The molecule has 1 aliphatic rings. The molecule has 1 heteroatoms. The van der Waals surface area contributed by atoms with Gasteiger partial charge in [0.1, 0.15) is 0 Å². The maximum atomic E-state index is 10.7. The number of benzene rings is 2. The van der Waals surface area contributed by atoms with Gasteiger partial charge in [0.15, 0.2) is 0 Å². The molecule has 0 saturated carbocycles. The van der Waals surface area contributed by atoms with Crippen LogP contribution in [0.1, 0.15) is 55.0 Å². The fourth-order valence-corrected chi connectivity index (χ4v) is 2.94. The van der Waals surface area contributed by atoms with Crippen molar-refractivity contribution >= 4 is 6.08 Å². The van der Waals surface area contributed by atoms with Crippen LogP contribution in [0.25, 0.3) is 6.08 Å². The summed E-state index contributed by atoms with van der Waals surface area (Å²) in [7, 11) is 0. The second kappa shape index (κ2) is 5.16. The summed E-state index contributed by atoms with van der Waals surface area (Å²) in [6.45, 7) is 6.65. The second-order valence-corrected chi connectivity index (χ2v) is 6.83. The number of rotatable bonds is 1. The van der Waals surface area contributed by atoms with Gasteiger partial charge in [0.05, 0.1) is 6.10 Å². The zero-order valence-corrected chi connectivity index (χ0v) is 12.9. The van der Waals surface area contributed by atoms with E-state index >= 15 is 0 Å². The Morgan fingerprint density at radius 2 is 1.57 bits per heavy atom. The van der Waals surface area contributed by atoms with Gasteiger partial charge < -0.3 is 5.11 Å². The van der Waals surface area contributed by atoms with E-state index in [4.69, 9.17) is 0 Å². The molecule has 3 rings (SSSR count). The summed E-state index contributed by atoms with van der Waals surface area (Å²) in [5.74, 6) is 0.0360. The largest absolute Gasteiger partial charge is 0.387 e. The van der Waals surface area contributed by atoms with Gasteiger partial charge in [-0.05, 0) is 27.7 Å². The van der Waals surface area contributed by atoms with Crippen molar-refractivity contribution in [2.75, 3.05) is 0 Å². The molecule has 2 aromatic carbocycles. The standard InChI is InChI=1S/C20H22O/c1-20(2,3)16-11-8-15(9-12-16)18-13-10-14-6-4-5-7-17(14)19(18)21/h4-13,18-19,21H,1-3H3/t18-,19-/m1/s1. The quantitative estimate of drug-likeness (QED) is 0.792. The number of hydrogen-bond acceptors (Lipinski definition) is 1. The Bertz CT molecular complexity index is 659. The molecule has 21 heavy (non-hydrogen) atoms. The maximum Gasteiger partial charge on any atom is 0.0899 e. The smallest absolute Gasteiger partial charge is 0.0899 e. The van der Waals surface area contributed by atoms with Crippen LogP contribution in [0, 0.1) is 0 Å². The number of fused-ring (bicyclic) bond motifs is 1. The van der Waals surface area contributed by atoms with Crippen molar-refractivity contribution in [2.45, 2.75) is 38.2 Å². The van der Waals surface area contributed by atoms with Gasteiger partial charge in [-0.2, -0.15) is 0 Å². The van der Waals surface area contributed by atoms with Crippen LogP contribution in [0.5, 0.6) is 0 Å². The number of hydrogen-bond donors (Lipinski definition) is 1. The zero-order valence-electron chi connectivity index (χ0n) is 12.9. The second-order valence-electron chi connectivity index (χ2n) is 6.83. The zero-order chi connectivity index (χ0) is 15.0. The normalized spacial score (nSPS) is 21.1. The maximum absolute atomic E-state index is 10.7. The van der Waals surface area contributed by atoms with E-state index < -0.39 is 6.10 Å². The first kappa shape index (κ1) is 14.1. The third-order valence-electron chi connectivity index (χ3n) is 4.30. The van der Waals surface area contributed by atoms with E-state index in [0.717, 1.165) is 11.1 Å². The first-order valence-corrected chi connectivity index (χ1v) is 7.52. The van der Waals surface area contributed by atoms with E-state index in [2.05, 4.69) is 57.2 Å². The van der Waals surface area contributed by atoms with E-state index in [1.807, 2.05) is 24.3 Å². The summed E-state index contributed by atoms with van der Waals surface area (Å²) < 4.78 is 0. The first-order chi connectivity index (χ1) is 9.97. The topological polar surface area (TPSA) is 20.2 Å². The molecule has 0 aliphatic heterocycles. The van der Waals surface area contributed by atoms with Crippen molar-refractivity contribution in [3.8, 4) is 0 Å². The molecule has 0 unspecified atom stereocenters. The fraction of sp³-hybridized carbons (Fsp3) is 0.300. The summed E-state index contributed by atoms with van der Waals surface area (Å²) in [6, 6.07) is 16.7. The summed E-state index contributed by atoms with van der Waals surface area (Å²) in [4.78, 5) is 0. The molecule has 2 aromatic rings. The summed E-state index contributed by atoms with van der Waals surface area (Å²) >= 11 is 0. The molecule has 0 bridgehead atoms. The van der Waals surface area contributed by atoms with Gasteiger partial charge in [0.2, 0.25) is 0 Å². The third kappa shape index (κ3) is 2.66. The Balaban J connectivity index is 1.92. The SMILES string of the molecule is CC(C)(C)c1ccc([C@H]2C=Cc3ccccc3[C@H]2O)cc1. The lowest BCUT2D eigenvalue weighted by molar-refractivity contribution is 0.160. The minimum Gasteiger partial charge on any atom is -0.387 e. The molecular formula is C20H22O. The van der Waals surface area contributed by atoms with Crippen molar-refractivity contribution < 1.29 is 5.11 Å². The van der Waals surface area contributed by atoms with Crippen LogP contribution in [-0.2, 0) is 5.41 Å². The van der Waals surface area contributed by atoms with E-state index in [9.17, 15) is 5.11 Å². The van der Waals surface area contributed by atoms with Gasteiger partial charge in [-0.3, -0.25) is 0 Å². The predicted octanol–water partition coefficient (Wildman–Crippen LogP) is 4.83. The minimum atomic E-state index is -0.466. The van der Waals surface area contributed by atoms with Crippen LogP contribution < -0.4 is 0 Å². The molecule has 0 radical (unpaired) electrons. The fourth-order valence-electron chi connectivity index (χ4n) is 2.94. The molecule has 108 valence electrons. The van der Waals surface area contributed by atoms with Crippen LogP contribution in [0.3, 0.4) is 0 Å². The van der Waals surface area contributed by atoms with Crippen LogP contribution in [0.15, 0.2) is 54.6 Å². The van der Waals surface area contributed by atoms with Crippen LogP contribution in [0.2, 0.25) is 0 Å². The highest BCUT2D eigenvalue weighted by Gasteiger charge is 2.25. The molecule has 2 atom stereocenters. The highest BCUT2D eigenvalue weighted by Crippen LogP contribution is 2.38. The lowest BCUT2D eigenvalue weighted by Crippen LogP contribution is -2.14. The highest BCUT2D eigenvalue weighted by molar-refractivity contribution is 5.60. The molecule has 0 amide bonds. The van der Waals surface area contributed by atoms with E-state index in [1.165, 1.54) is 11.1 Å². The Kier molecular flexibility index (Phi) is 3.46. The lowest BCUT2D eigenvalue weighted by Gasteiger charge is -2.27. The Labute approximate surface area is 127 Å². The predicted molar refractivity (Wildman–Crippen MR) is 88.3 cm³/mol.